The SMILES string of the molecule is Cc1ccc(CN2CCC[C@]3(COCCN(Cc4cn[nH]n4)C3)C2)s1. The number of ether oxygens (including phenoxy) is 1. The molecule has 0 aliphatic carbocycles. The molecule has 0 amide bonds. The number of thiophene rings is 1. The van der Waals surface area contributed by atoms with Gasteiger partial charge in [-0.1, -0.05) is 0 Å². The number of rotatable bonds is 4. The molecule has 25 heavy (non-hydrogen) atoms. The maximum Gasteiger partial charge on any atom is 0.0964 e. The van der Waals surface area contributed by atoms with Crippen LogP contribution in [0.1, 0.15) is 28.3 Å². The van der Waals surface area contributed by atoms with E-state index in [0.717, 1.165) is 51.6 Å². The molecule has 2 aromatic rings. The van der Waals surface area contributed by atoms with Crippen LogP contribution in [0.4, 0.5) is 0 Å². The lowest BCUT2D eigenvalue weighted by Gasteiger charge is -2.43. The lowest BCUT2D eigenvalue weighted by molar-refractivity contribution is 0.00272. The number of nitrogens with zero attached hydrogens (tertiary/aromatic N) is 4. The third kappa shape index (κ3) is 4.28. The van der Waals surface area contributed by atoms with Crippen LogP contribution in [0.25, 0.3) is 0 Å². The molecule has 2 aliphatic heterocycles. The van der Waals surface area contributed by atoms with Crippen molar-refractivity contribution in [2.45, 2.75) is 32.9 Å². The van der Waals surface area contributed by atoms with Crippen LogP contribution in [0, 0.1) is 12.3 Å². The summed E-state index contributed by atoms with van der Waals surface area (Å²) < 4.78 is 6.03. The Labute approximate surface area is 153 Å². The third-order valence-electron chi connectivity index (χ3n) is 5.29. The zero-order chi connectivity index (χ0) is 17.1. The smallest absolute Gasteiger partial charge is 0.0964 e. The molecule has 1 N–H and O–H groups in total. The van der Waals surface area contributed by atoms with Crippen molar-refractivity contribution in [1.29, 1.82) is 0 Å². The zero-order valence-electron chi connectivity index (χ0n) is 14.9. The van der Waals surface area contributed by atoms with E-state index >= 15 is 0 Å². The second kappa shape index (κ2) is 7.53. The normalized spacial score (nSPS) is 26.1. The summed E-state index contributed by atoms with van der Waals surface area (Å²) in [6.45, 7) is 10.2. The Morgan fingerprint density at radius 1 is 1.24 bits per heavy atom. The van der Waals surface area contributed by atoms with Gasteiger partial charge >= 0.3 is 0 Å². The summed E-state index contributed by atoms with van der Waals surface area (Å²) in [5, 5.41) is 10.9. The van der Waals surface area contributed by atoms with Gasteiger partial charge in [-0.3, -0.25) is 9.80 Å². The minimum absolute atomic E-state index is 0.241. The van der Waals surface area contributed by atoms with Crippen LogP contribution in [0.15, 0.2) is 18.3 Å². The lowest BCUT2D eigenvalue weighted by Crippen LogP contribution is -2.50. The summed E-state index contributed by atoms with van der Waals surface area (Å²) in [4.78, 5) is 7.99. The minimum atomic E-state index is 0.241. The van der Waals surface area contributed by atoms with E-state index in [9.17, 15) is 0 Å². The van der Waals surface area contributed by atoms with Crippen molar-refractivity contribution < 1.29 is 4.74 Å². The van der Waals surface area contributed by atoms with E-state index in [2.05, 4.69) is 44.3 Å². The Morgan fingerprint density at radius 2 is 2.12 bits per heavy atom. The summed E-state index contributed by atoms with van der Waals surface area (Å²) in [6, 6.07) is 4.51. The Bertz CT molecular complexity index is 673. The molecule has 0 bridgehead atoms. The van der Waals surface area contributed by atoms with Gasteiger partial charge in [-0.05, 0) is 38.4 Å². The molecule has 0 unspecified atom stereocenters. The van der Waals surface area contributed by atoms with Crippen molar-refractivity contribution >= 4 is 11.3 Å². The van der Waals surface area contributed by atoms with Crippen LogP contribution < -0.4 is 0 Å². The Kier molecular flexibility index (Phi) is 5.17. The van der Waals surface area contributed by atoms with Crippen LogP contribution in [-0.2, 0) is 17.8 Å². The van der Waals surface area contributed by atoms with E-state index in [1.807, 2.05) is 17.5 Å². The molecule has 0 saturated carbocycles. The van der Waals surface area contributed by atoms with E-state index in [4.69, 9.17) is 4.74 Å². The van der Waals surface area contributed by atoms with Gasteiger partial charge in [0.25, 0.3) is 0 Å². The van der Waals surface area contributed by atoms with Gasteiger partial charge in [0.2, 0.25) is 0 Å². The predicted octanol–water partition coefficient (Wildman–Crippen LogP) is 2.29. The molecule has 4 rings (SSSR count). The monoisotopic (exact) mass is 361 g/mol. The second-order valence-electron chi connectivity index (χ2n) is 7.55. The lowest BCUT2D eigenvalue weighted by atomic mass is 9.80. The summed E-state index contributed by atoms with van der Waals surface area (Å²) in [7, 11) is 0. The highest BCUT2D eigenvalue weighted by Gasteiger charge is 2.39. The molecule has 2 aromatic heterocycles. The molecule has 0 aromatic carbocycles. The zero-order valence-corrected chi connectivity index (χ0v) is 15.7. The third-order valence-corrected chi connectivity index (χ3v) is 6.27. The van der Waals surface area contributed by atoms with Gasteiger partial charge in [-0.2, -0.15) is 15.4 Å². The summed E-state index contributed by atoms with van der Waals surface area (Å²) in [6.07, 6.45) is 4.33. The standard InChI is InChI=1S/C18H27N5OS/c1-15-3-4-17(25-15)11-22-6-2-5-18(12-22)13-23(7-8-24-14-18)10-16-9-19-21-20-16/h3-4,9H,2,5-8,10-14H2,1H3,(H,19,20,21)/t18-/m0/s1. The highest BCUT2D eigenvalue weighted by atomic mass is 32.1. The number of likely N-dealkylation sites (tertiary alicyclic amines) is 1. The van der Waals surface area contributed by atoms with Gasteiger partial charge in [0.15, 0.2) is 0 Å². The van der Waals surface area contributed by atoms with Crippen molar-refractivity contribution in [2.75, 3.05) is 39.4 Å². The predicted molar refractivity (Wildman–Crippen MR) is 98.5 cm³/mol. The fourth-order valence-corrected chi connectivity index (χ4v) is 5.16. The quantitative estimate of drug-likeness (QED) is 0.905. The van der Waals surface area contributed by atoms with E-state index < -0.39 is 0 Å². The molecular weight excluding hydrogens is 334 g/mol. The Morgan fingerprint density at radius 3 is 2.88 bits per heavy atom. The maximum absolute atomic E-state index is 6.03. The fourth-order valence-electron chi connectivity index (χ4n) is 4.23. The average molecular weight is 362 g/mol. The topological polar surface area (TPSA) is 57.3 Å². The number of hydrogen-bond acceptors (Lipinski definition) is 6. The van der Waals surface area contributed by atoms with Crippen LogP contribution in [0.5, 0.6) is 0 Å². The number of aromatic amines is 1. The highest BCUT2D eigenvalue weighted by molar-refractivity contribution is 7.11. The van der Waals surface area contributed by atoms with Gasteiger partial charge < -0.3 is 4.74 Å². The van der Waals surface area contributed by atoms with Crippen molar-refractivity contribution in [1.82, 2.24) is 25.2 Å². The second-order valence-corrected chi connectivity index (χ2v) is 8.92. The van der Waals surface area contributed by atoms with E-state index in [0.29, 0.717) is 0 Å². The number of hydrogen-bond donors (Lipinski definition) is 1. The molecule has 1 atom stereocenters. The van der Waals surface area contributed by atoms with E-state index in [1.165, 1.54) is 29.1 Å². The minimum Gasteiger partial charge on any atom is -0.379 e. The molecule has 4 heterocycles. The first kappa shape index (κ1) is 17.1. The molecule has 136 valence electrons. The van der Waals surface area contributed by atoms with Crippen LogP contribution in [0.3, 0.4) is 0 Å². The number of aromatic nitrogens is 3. The average Bonchev–Trinajstić information content (AvgIpc) is 3.19. The highest BCUT2D eigenvalue weighted by Crippen LogP contribution is 2.34. The number of nitrogens with one attached hydrogen (secondary N) is 1. The van der Waals surface area contributed by atoms with Gasteiger partial charge in [0, 0.05) is 47.9 Å². The number of H-pyrrole nitrogens is 1. The maximum atomic E-state index is 6.03. The van der Waals surface area contributed by atoms with E-state index in [1.54, 1.807) is 0 Å². The van der Waals surface area contributed by atoms with Gasteiger partial charge in [0.05, 0.1) is 25.1 Å². The molecule has 2 saturated heterocycles. The van der Waals surface area contributed by atoms with E-state index in [-0.39, 0.29) is 5.41 Å². The van der Waals surface area contributed by atoms with Crippen molar-refractivity contribution in [3.8, 4) is 0 Å². The molecule has 7 heteroatoms. The van der Waals surface area contributed by atoms with Crippen LogP contribution >= 0.6 is 11.3 Å². The van der Waals surface area contributed by atoms with Crippen LogP contribution in [-0.4, -0.2) is 64.6 Å². The molecule has 1 spiro atoms. The van der Waals surface area contributed by atoms with Gasteiger partial charge in [-0.25, -0.2) is 0 Å². The largest absolute Gasteiger partial charge is 0.379 e. The van der Waals surface area contributed by atoms with Crippen molar-refractivity contribution in [3.05, 3.63) is 33.8 Å². The van der Waals surface area contributed by atoms with Gasteiger partial charge in [-0.15, -0.1) is 11.3 Å². The first-order valence-corrected chi connectivity index (χ1v) is 9.95. The molecule has 6 nitrogen and oxygen atoms in total. The fraction of sp³-hybridized carbons (Fsp3) is 0.667. The summed E-state index contributed by atoms with van der Waals surface area (Å²) >= 11 is 1.92. The molecule has 0 radical (unpaired) electrons. The van der Waals surface area contributed by atoms with Crippen LogP contribution in [0.2, 0.25) is 0 Å². The Hall–Kier alpha value is -1.28. The Balaban J connectivity index is 1.42. The van der Waals surface area contributed by atoms with Gasteiger partial charge in [0.1, 0.15) is 0 Å². The first-order valence-electron chi connectivity index (χ1n) is 9.13. The molecular formula is C18H27N5OS. The summed E-state index contributed by atoms with van der Waals surface area (Å²) in [5.74, 6) is 0. The van der Waals surface area contributed by atoms with Crippen molar-refractivity contribution in [2.24, 2.45) is 5.41 Å². The molecule has 2 fully saturated rings. The number of piperidine rings is 1. The van der Waals surface area contributed by atoms with Crippen molar-refractivity contribution in [3.63, 3.8) is 0 Å². The summed E-state index contributed by atoms with van der Waals surface area (Å²) in [5.41, 5.74) is 1.25. The number of aryl methyl sites for hydroxylation is 1. The molecule has 2 aliphatic rings. The first-order chi connectivity index (χ1) is 12.2.